The molecule has 1 aromatic heterocycles. The van der Waals surface area contributed by atoms with E-state index in [-0.39, 0.29) is 24.4 Å². The number of aromatic nitrogens is 2. The lowest BCUT2D eigenvalue weighted by Crippen LogP contribution is -2.42. The third-order valence-electron chi connectivity index (χ3n) is 5.15. The Labute approximate surface area is 155 Å². The summed E-state index contributed by atoms with van der Waals surface area (Å²) in [6.07, 6.45) is 3.66. The van der Waals surface area contributed by atoms with Crippen molar-refractivity contribution in [3.63, 3.8) is 0 Å². The Morgan fingerprint density at radius 2 is 1.88 bits per heavy atom. The summed E-state index contributed by atoms with van der Waals surface area (Å²) < 4.78 is 1.86. The van der Waals surface area contributed by atoms with Crippen molar-refractivity contribution in [2.24, 2.45) is 11.7 Å². The van der Waals surface area contributed by atoms with Gasteiger partial charge in [-0.1, -0.05) is 18.2 Å². The lowest BCUT2D eigenvalue weighted by molar-refractivity contribution is 0.0680. The molecule has 3 rings (SSSR count). The van der Waals surface area contributed by atoms with E-state index in [2.05, 4.69) is 25.0 Å². The van der Waals surface area contributed by atoms with Crippen LogP contribution in [0.3, 0.4) is 0 Å². The molecule has 0 bridgehead atoms. The monoisotopic (exact) mass is 362 g/mol. The molecular formula is C19H27ClN4O. The fourth-order valence-electron chi connectivity index (χ4n) is 3.46. The van der Waals surface area contributed by atoms with Crippen molar-refractivity contribution in [2.75, 3.05) is 13.1 Å². The van der Waals surface area contributed by atoms with Crippen molar-refractivity contribution in [1.29, 1.82) is 0 Å². The van der Waals surface area contributed by atoms with E-state index >= 15 is 0 Å². The van der Waals surface area contributed by atoms with E-state index in [9.17, 15) is 4.79 Å². The van der Waals surface area contributed by atoms with Crippen molar-refractivity contribution < 1.29 is 4.79 Å². The van der Waals surface area contributed by atoms with Gasteiger partial charge in [-0.3, -0.25) is 4.79 Å². The summed E-state index contributed by atoms with van der Waals surface area (Å²) in [7, 11) is 0. The smallest absolute Gasteiger partial charge is 0.257 e. The Bertz CT molecular complexity index is 733. The number of rotatable bonds is 3. The number of halogens is 1. The second-order valence-electron chi connectivity index (χ2n) is 6.83. The molecule has 1 aliphatic heterocycles. The molecule has 1 aliphatic rings. The fourth-order valence-corrected chi connectivity index (χ4v) is 3.46. The van der Waals surface area contributed by atoms with E-state index in [1.54, 1.807) is 6.20 Å². The van der Waals surface area contributed by atoms with Gasteiger partial charge in [0.05, 0.1) is 23.1 Å². The Morgan fingerprint density at radius 3 is 2.48 bits per heavy atom. The molecule has 2 N–H and O–H groups in total. The first kappa shape index (κ1) is 19.5. The van der Waals surface area contributed by atoms with Crippen LogP contribution in [0, 0.1) is 19.8 Å². The number of nitrogens with two attached hydrogens (primary N) is 1. The minimum Gasteiger partial charge on any atom is -0.339 e. The predicted molar refractivity (Wildman–Crippen MR) is 103 cm³/mol. The molecular weight excluding hydrogens is 336 g/mol. The van der Waals surface area contributed by atoms with E-state index in [4.69, 9.17) is 5.73 Å². The van der Waals surface area contributed by atoms with Crippen molar-refractivity contribution in [2.45, 2.75) is 39.7 Å². The molecule has 2 aromatic rings. The third-order valence-corrected chi connectivity index (χ3v) is 5.15. The number of benzene rings is 1. The molecule has 2 heterocycles. The zero-order chi connectivity index (χ0) is 17.3. The second-order valence-corrected chi connectivity index (χ2v) is 6.83. The Kier molecular flexibility index (Phi) is 6.25. The first-order valence-corrected chi connectivity index (χ1v) is 8.64. The topological polar surface area (TPSA) is 64.2 Å². The number of aryl methyl sites for hydroxylation is 1. The molecule has 5 nitrogen and oxygen atoms in total. The van der Waals surface area contributed by atoms with E-state index in [1.807, 2.05) is 34.7 Å². The highest BCUT2D eigenvalue weighted by atomic mass is 35.5. The average molecular weight is 363 g/mol. The van der Waals surface area contributed by atoms with Gasteiger partial charge in [-0.05, 0) is 51.2 Å². The molecule has 0 spiro atoms. The maximum absolute atomic E-state index is 12.9. The van der Waals surface area contributed by atoms with E-state index in [0.717, 1.165) is 42.9 Å². The summed E-state index contributed by atoms with van der Waals surface area (Å²) in [6, 6.07) is 8.28. The number of hydrogen-bond donors (Lipinski definition) is 1. The number of para-hydroxylation sites is 1. The van der Waals surface area contributed by atoms with Crippen LogP contribution in [-0.4, -0.2) is 39.7 Å². The van der Waals surface area contributed by atoms with E-state index in [0.29, 0.717) is 11.5 Å². The number of likely N-dealkylation sites (tertiary alicyclic amines) is 1. The van der Waals surface area contributed by atoms with Gasteiger partial charge in [0.25, 0.3) is 5.91 Å². The van der Waals surface area contributed by atoms with Gasteiger partial charge in [-0.2, -0.15) is 5.10 Å². The van der Waals surface area contributed by atoms with Gasteiger partial charge >= 0.3 is 0 Å². The van der Waals surface area contributed by atoms with Crippen LogP contribution in [0.5, 0.6) is 0 Å². The maximum Gasteiger partial charge on any atom is 0.257 e. The van der Waals surface area contributed by atoms with Crippen LogP contribution in [0.4, 0.5) is 0 Å². The largest absolute Gasteiger partial charge is 0.339 e. The van der Waals surface area contributed by atoms with Crippen LogP contribution in [-0.2, 0) is 0 Å². The first-order valence-electron chi connectivity index (χ1n) is 8.64. The molecule has 1 aromatic carbocycles. The molecule has 1 amide bonds. The normalized spacial score (nSPS) is 16.4. The summed E-state index contributed by atoms with van der Waals surface area (Å²) in [4.78, 5) is 14.8. The molecule has 0 saturated carbocycles. The minimum atomic E-state index is 0. The van der Waals surface area contributed by atoms with E-state index in [1.165, 1.54) is 0 Å². The molecule has 1 unspecified atom stereocenters. The first-order chi connectivity index (χ1) is 11.5. The van der Waals surface area contributed by atoms with Crippen molar-refractivity contribution in [3.05, 3.63) is 47.3 Å². The number of carbonyl (C=O) groups excluding carboxylic acids is 1. The van der Waals surface area contributed by atoms with Crippen LogP contribution in [0.2, 0.25) is 0 Å². The summed E-state index contributed by atoms with van der Waals surface area (Å²) in [5.41, 5.74) is 9.73. The van der Waals surface area contributed by atoms with Gasteiger partial charge in [-0.25, -0.2) is 4.68 Å². The van der Waals surface area contributed by atoms with Crippen LogP contribution in [0.15, 0.2) is 30.5 Å². The number of piperidine rings is 1. The lowest BCUT2D eigenvalue weighted by Gasteiger charge is -2.33. The van der Waals surface area contributed by atoms with Crippen molar-refractivity contribution in [1.82, 2.24) is 14.7 Å². The van der Waals surface area contributed by atoms with Crippen LogP contribution in [0.1, 0.15) is 41.4 Å². The summed E-state index contributed by atoms with van der Waals surface area (Å²) in [5.74, 6) is 0.597. The molecule has 6 heteroatoms. The van der Waals surface area contributed by atoms with Crippen LogP contribution in [0.25, 0.3) is 5.69 Å². The molecule has 0 aliphatic carbocycles. The second kappa shape index (κ2) is 8.02. The molecule has 1 saturated heterocycles. The highest BCUT2D eigenvalue weighted by molar-refractivity contribution is 5.95. The number of amides is 1. The standard InChI is InChI=1S/C19H26N4O.ClH/c1-13-6-4-5-7-18(13)23-15(3)17(12-21-23)19(24)22-10-8-16(9-11-22)14(2)20;/h4-7,12,14,16H,8-11,20H2,1-3H3;1H. The molecule has 0 radical (unpaired) electrons. The van der Waals surface area contributed by atoms with Gasteiger partial charge in [-0.15, -0.1) is 12.4 Å². The zero-order valence-corrected chi connectivity index (χ0v) is 15.9. The number of carbonyl (C=O) groups is 1. The SMILES string of the molecule is Cc1ccccc1-n1ncc(C(=O)N2CCC(C(C)N)CC2)c1C.Cl. The number of hydrogen-bond acceptors (Lipinski definition) is 3. The summed E-state index contributed by atoms with van der Waals surface area (Å²) in [5, 5.41) is 4.46. The molecule has 1 fully saturated rings. The van der Waals surface area contributed by atoms with Gasteiger partial charge in [0.2, 0.25) is 0 Å². The van der Waals surface area contributed by atoms with Gasteiger partial charge in [0.1, 0.15) is 0 Å². The van der Waals surface area contributed by atoms with Crippen molar-refractivity contribution >= 4 is 18.3 Å². The van der Waals surface area contributed by atoms with Gasteiger partial charge in [0, 0.05) is 19.1 Å². The average Bonchev–Trinajstić information content (AvgIpc) is 2.96. The Morgan fingerprint density at radius 1 is 1.24 bits per heavy atom. The lowest BCUT2D eigenvalue weighted by atomic mass is 9.91. The van der Waals surface area contributed by atoms with Crippen LogP contribution >= 0.6 is 12.4 Å². The fraction of sp³-hybridized carbons (Fsp3) is 0.474. The molecule has 25 heavy (non-hydrogen) atoms. The zero-order valence-electron chi connectivity index (χ0n) is 15.1. The Hall–Kier alpha value is -1.85. The third kappa shape index (κ3) is 3.88. The van der Waals surface area contributed by atoms with E-state index < -0.39 is 0 Å². The predicted octanol–water partition coefficient (Wildman–Crippen LogP) is 3.11. The highest BCUT2D eigenvalue weighted by Crippen LogP contribution is 2.23. The summed E-state index contributed by atoms with van der Waals surface area (Å²) in [6.45, 7) is 7.62. The minimum absolute atomic E-state index is 0. The molecule has 136 valence electrons. The Balaban J connectivity index is 0.00000225. The van der Waals surface area contributed by atoms with Gasteiger partial charge < -0.3 is 10.6 Å². The summed E-state index contributed by atoms with van der Waals surface area (Å²) >= 11 is 0. The highest BCUT2D eigenvalue weighted by Gasteiger charge is 2.27. The maximum atomic E-state index is 12.9. The number of nitrogens with zero attached hydrogens (tertiary/aromatic N) is 3. The quantitative estimate of drug-likeness (QED) is 0.912. The van der Waals surface area contributed by atoms with Crippen molar-refractivity contribution in [3.8, 4) is 5.69 Å². The van der Waals surface area contributed by atoms with Crippen LogP contribution < -0.4 is 5.73 Å². The van der Waals surface area contributed by atoms with Gasteiger partial charge in [0.15, 0.2) is 0 Å². The molecule has 1 atom stereocenters.